The molecule has 66 valence electrons. The lowest BCUT2D eigenvalue weighted by molar-refractivity contribution is 0.134. The highest BCUT2D eigenvalue weighted by molar-refractivity contribution is 5.27. The molecule has 0 fully saturated rings. The highest BCUT2D eigenvalue weighted by atomic mass is 16.3. The Kier molecular flexibility index (Phi) is 3.08. The van der Waals surface area contributed by atoms with Gasteiger partial charge in [-0.05, 0) is 17.7 Å². The van der Waals surface area contributed by atoms with Crippen molar-refractivity contribution in [3.05, 3.63) is 29.8 Å². The van der Waals surface area contributed by atoms with Crippen molar-refractivity contribution in [2.24, 2.45) is 0 Å². The molecule has 0 bridgehead atoms. The average molecular weight is 168 g/mol. The molecule has 0 aliphatic heterocycles. The second-order valence-electron chi connectivity index (χ2n) is 2.62. The van der Waals surface area contributed by atoms with E-state index in [1.165, 1.54) is 12.1 Å². The SMILES string of the molecule is OCC[C@H](O)c1ccc(O)cc1. The monoisotopic (exact) mass is 168 g/mol. The number of hydrogen-bond acceptors (Lipinski definition) is 3. The molecule has 1 rings (SSSR count). The highest BCUT2D eigenvalue weighted by Gasteiger charge is 2.05. The fourth-order valence-corrected chi connectivity index (χ4v) is 0.985. The van der Waals surface area contributed by atoms with E-state index in [1.54, 1.807) is 12.1 Å². The lowest BCUT2D eigenvalue weighted by Crippen LogP contribution is -1.99. The Morgan fingerprint density at radius 3 is 2.25 bits per heavy atom. The lowest BCUT2D eigenvalue weighted by atomic mass is 10.1. The van der Waals surface area contributed by atoms with Gasteiger partial charge in [0.25, 0.3) is 0 Å². The van der Waals surface area contributed by atoms with Gasteiger partial charge in [0.05, 0.1) is 6.10 Å². The molecule has 0 heterocycles. The van der Waals surface area contributed by atoms with E-state index < -0.39 is 6.10 Å². The van der Waals surface area contributed by atoms with Crippen LogP contribution >= 0.6 is 0 Å². The molecule has 3 nitrogen and oxygen atoms in total. The summed E-state index contributed by atoms with van der Waals surface area (Å²) >= 11 is 0. The third-order valence-electron chi connectivity index (χ3n) is 1.68. The van der Waals surface area contributed by atoms with Gasteiger partial charge in [0.1, 0.15) is 5.75 Å². The van der Waals surface area contributed by atoms with Crippen LogP contribution < -0.4 is 0 Å². The summed E-state index contributed by atoms with van der Waals surface area (Å²) in [6.45, 7) is -0.0396. The van der Waals surface area contributed by atoms with Crippen molar-refractivity contribution in [1.82, 2.24) is 0 Å². The van der Waals surface area contributed by atoms with E-state index in [0.29, 0.717) is 12.0 Å². The van der Waals surface area contributed by atoms with E-state index in [-0.39, 0.29) is 12.4 Å². The molecule has 1 aromatic rings. The Morgan fingerprint density at radius 2 is 1.75 bits per heavy atom. The Balaban J connectivity index is 2.68. The van der Waals surface area contributed by atoms with Crippen LogP contribution in [-0.2, 0) is 0 Å². The van der Waals surface area contributed by atoms with Gasteiger partial charge in [0.2, 0.25) is 0 Å². The molecule has 0 amide bonds. The first-order chi connectivity index (χ1) is 5.74. The summed E-state index contributed by atoms with van der Waals surface area (Å²) in [5.41, 5.74) is 0.710. The fourth-order valence-electron chi connectivity index (χ4n) is 0.985. The first-order valence-corrected chi connectivity index (χ1v) is 3.82. The predicted octanol–water partition coefficient (Wildman–Crippen LogP) is 0.808. The van der Waals surface area contributed by atoms with Crippen LogP contribution in [0.25, 0.3) is 0 Å². The zero-order valence-electron chi connectivity index (χ0n) is 6.64. The van der Waals surface area contributed by atoms with Crippen LogP contribution in [-0.4, -0.2) is 21.9 Å². The maximum atomic E-state index is 9.37. The summed E-state index contributed by atoms with van der Waals surface area (Å²) < 4.78 is 0. The summed E-state index contributed by atoms with van der Waals surface area (Å²) in [7, 11) is 0. The number of aliphatic hydroxyl groups excluding tert-OH is 2. The molecular weight excluding hydrogens is 156 g/mol. The van der Waals surface area contributed by atoms with Crippen molar-refractivity contribution in [3.8, 4) is 5.75 Å². The van der Waals surface area contributed by atoms with Gasteiger partial charge in [-0.2, -0.15) is 0 Å². The summed E-state index contributed by atoms with van der Waals surface area (Å²) in [6, 6.07) is 6.29. The van der Waals surface area contributed by atoms with Crippen molar-refractivity contribution >= 4 is 0 Å². The smallest absolute Gasteiger partial charge is 0.115 e. The van der Waals surface area contributed by atoms with Crippen molar-refractivity contribution in [2.75, 3.05) is 6.61 Å². The maximum Gasteiger partial charge on any atom is 0.115 e. The van der Waals surface area contributed by atoms with Crippen molar-refractivity contribution in [2.45, 2.75) is 12.5 Å². The van der Waals surface area contributed by atoms with Crippen LogP contribution in [0.1, 0.15) is 18.1 Å². The topological polar surface area (TPSA) is 60.7 Å². The van der Waals surface area contributed by atoms with Gasteiger partial charge in [0, 0.05) is 13.0 Å². The van der Waals surface area contributed by atoms with Gasteiger partial charge in [-0.1, -0.05) is 12.1 Å². The maximum absolute atomic E-state index is 9.37. The minimum absolute atomic E-state index is 0.0396. The molecule has 0 aliphatic rings. The molecular formula is C9H12O3. The molecule has 0 radical (unpaired) electrons. The van der Waals surface area contributed by atoms with E-state index in [1.807, 2.05) is 0 Å². The number of benzene rings is 1. The number of phenolic OH excluding ortho intramolecular Hbond substituents is 1. The van der Waals surface area contributed by atoms with Gasteiger partial charge in [-0.3, -0.25) is 0 Å². The first kappa shape index (κ1) is 9.03. The fraction of sp³-hybridized carbons (Fsp3) is 0.333. The van der Waals surface area contributed by atoms with Crippen molar-refractivity contribution < 1.29 is 15.3 Å². The van der Waals surface area contributed by atoms with Crippen LogP contribution in [0.5, 0.6) is 5.75 Å². The van der Waals surface area contributed by atoms with Gasteiger partial charge < -0.3 is 15.3 Å². The van der Waals surface area contributed by atoms with Crippen molar-refractivity contribution in [1.29, 1.82) is 0 Å². The number of rotatable bonds is 3. The molecule has 1 aromatic carbocycles. The molecule has 0 unspecified atom stereocenters. The zero-order valence-corrected chi connectivity index (χ0v) is 6.64. The van der Waals surface area contributed by atoms with Gasteiger partial charge in [-0.25, -0.2) is 0 Å². The minimum atomic E-state index is -0.643. The Bertz CT molecular complexity index is 230. The van der Waals surface area contributed by atoms with Crippen LogP contribution in [0, 0.1) is 0 Å². The van der Waals surface area contributed by atoms with E-state index in [9.17, 15) is 5.11 Å². The average Bonchev–Trinajstić information content (AvgIpc) is 2.06. The Morgan fingerprint density at radius 1 is 1.17 bits per heavy atom. The minimum Gasteiger partial charge on any atom is -0.508 e. The lowest BCUT2D eigenvalue weighted by Gasteiger charge is -2.08. The van der Waals surface area contributed by atoms with E-state index in [4.69, 9.17) is 10.2 Å². The molecule has 0 saturated heterocycles. The molecule has 3 heteroatoms. The van der Waals surface area contributed by atoms with Gasteiger partial charge in [0.15, 0.2) is 0 Å². The first-order valence-electron chi connectivity index (χ1n) is 3.82. The standard InChI is InChI=1S/C9H12O3/c10-6-5-9(12)7-1-3-8(11)4-2-7/h1-4,9-12H,5-6H2/t9-/m0/s1. The summed E-state index contributed by atoms with van der Waals surface area (Å²) in [6.07, 6.45) is -0.319. The van der Waals surface area contributed by atoms with Gasteiger partial charge in [-0.15, -0.1) is 0 Å². The van der Waals surface area contributed by atoms with Crippen molar-refractivity contribution in [3.63, 3.8) is 0 Å². The van der Waals surface area contributed by atoms with Gasteiger partial charge >= 0.3 is 0 Å². The molecule has 0 aromatic heterocycles. The number of phenols is 1. The highest BCUT2D eigenvalue weighted by Crippen LogP contribution is 2.18. The normalized spacial score (nSPS) is 12.8. The van der Waals surface area contributed by atoms with E-state index >= 15 is 0 Å². The second-order valence-corrected chi connectivity index (χ2v) is 2.62. The van der Waals surface area contributed by atoms with E-state index in [2.05, 4.69) is 0 Å². The Hall–Kier alpha value is -1.06. The third-order valence-corrected chi connectivity index (χ3v) is 1.68. The molecule has 12 heavy (non-hydrogen) atoms. The van der Waals surface area contributed by atoms with Crippen LogP contribution in [0.4, 0.5) is 0 Å². The predicted molar refractivity (Wildman–Crippen MR) is 44.8 cm³/mol. The summed E-state index contributed by atoms with van der Waals surface area (Å²) in [5, 5.41) is 26.9. The molecule has 3 N–H and O–H groups in total. The summed E-state index contributed by atoms with van der Waals surface area (Å²) in [4.78, 5) is 0. The molecule has 0 saturated carbocycles. The van der Waals surface area contributed by atoms with E-state index in [0.717, 1.165) is 0 Å². The van der Waals surface area contributed by atoms with Crippen LogP contribution in [0.3, 0.4) is 0 Å². The van der Waals surface area contributed by atoms with Crippen LogP contribution in [0.2, 0.25) is 0 Å². The molecule has 1 atom stereocenters. The molecule has 0 aliphatic carbocycles. The third kappa shape index (κ3) is 2.22. The molecule has 0 spiro atoms. The number of aromatic hydroxyl groups is 1. The Labute approximate surface area is 70.9 Å². The zero-order chi connectivity index (χ0) is 8.97. The largest absolute Gasteiger partial charge is 0.508 e. The number of aliphatic hydroxyl groups is 2. The second kappa shape index (κ2) is 4.09. The van der Waals surface area contributed by atoms with Crippen LogP contribution in [0.15, 0.2) is 24.3 Å². The number of hydrogen-bond donors (Lipinski definition) is 3. The summed E-state index contributed by atoms with van der Waals surface area (Å²) in [5.74, 6) is 0.176. The quantitative estimate of drug-likeness (QED) is 0.625.